The minimum Gasteiger partial charge on any atom is -0.312 e. The molecule has 1 rings (SSSR count). The minimum atomic E-state index is -3.98. The van der Waals surface area contributed by atoms with Crippen molar-refractivity contribution in [2.24, 2.45) is 11.8 Å². The van der Waals surface area contributed by atoms with Crippen LogP contribution in [0, 0.1) is 11.8 Å². The van der Waals surface area contributed by atoms with Gasteiger partial charge >= 0.3 is 6.18 Å². The molecule has 0 radical (unpaired) electrons. The number of alkyl halides is 3. The molecular weight excluding hydrogens is 215 g/mol. The van der Waals surface area contributed by atoms with E-state index in [4.69, 9.17) is 0 Å². The van der Waals surface area contributed by atoms with Crippen LogP contribution in [0.2, 0.25) is 0 Å². The highest BCUT2D eigenvalue weighted by molar-refractivity contribution is 4.80. The van der Waals surface area contributed by atoms with E-state index >= 15 is 0 Å². The molecule has 1 fully saturated rings. The molecule has 1 nitrogen and oxygen atoms in total. The summed E-state index contributed by atoms with van der Waals surface area (Å²) >= 11 is 0. The summed E-state index contributed by atoms with van der Waals surface area (Å²) in [4.78, 5) is 0. The monoisotopic (exact) mass is 237 g/mol. The van der Waals surface area contributed by atoms with Crippen molar-refractivity contribution in [2.45, 2.75) is 58.2 Å². The van der Waals surface area contributed by atoms with E-state index in [2.05, 4.69) is 26.1 Å². The van der Waals surface area contributed by atoms with Gasteiger partial charge in [0.05, 0.1) is 5.92 Å². The average molecular weight is 237 g/mol. The van der Waals surface area contributed by atoms with E-state index < -0.39 is 12.1 Å². The maximum absolute atomic E-state index is 12.4. The van der Waals surface area contributed by atoms with Crippen LogP contribution in [0.4, 0.5) is 13.2 Å². The van der Waals surface area contributed by atoms with Crippen molar-refractivity contribution in [3.8, 4) is 0 Å². The summed E-state index contributed by atoms with van der Waals surface area (Å²) in [6.07, 6.45) is -1.97. The molecule has 0 amide bonds. The van der Waals surface area contributed by atoms with E-state index in [1.165, 1.54) is 0 Å². The molecule has 16 heavy (non-hydrogen) atoms. The molecule has 1 N–H and O–H groups in total. The first-order chi connectivity index (χ1) is 7.18. The molecule has 1 aliphatic carbocycles. The van der Waals surface area contributed by atoms with Crippen molar-refractivity contribution in [2.75, 3.05) is 6.54 Å². The molecular formula is C12H22F3N. The van der Waals surface area contributed by atoms with Gasteiger partial charge in [0, 0.05) is 5.54 Å². The van der Waals surface area contributed by atoms with Crippen LogP contribution in [0.1, 0.15) is 46.5 Å². The Balaban J connectivity index is 2.28. The fourth-order valence-corrected chi connectivity index (χ4v) is 2.14. The number of hydrogen-bond donors (Lipinski definition) is 1. The Morgan fingerprint density at radius 1 is 1.00 bits per heavy atom. The van der Waals surface area contributed by atoms with Crippen LogP contribution in [0.3, 0.4) is 0 Å². The van der Waals surface area contributed by atoms with Gasteiger partial charge < -0.3 is 5.32 Å². The summed E-state index contributed by atoms with van der Waals surface area (Å²) in [5, 5.41) is 3.36. The van der Waals surface area contributed by atoms with Crippen molar-refractivity contribution in [1.82, 2.24) is 5.32 Å². The van der Waals surface area contributed by atoms with E-state index in [0.717, 1.165) is 6.54 Å². The number of nitrogens with one attached hydrogen (secondary N) is 1. The second-order valence-corrected chi connectivity index (χ2v) is 5.89. The lowest BCUT2D eigenvalue weighted by molar-refractivity contribution is -0.183. The Hall–Kier alpha value is -0.250. The lowest BCUT2D eigenvalue weighted by atomic mass is 9.81. The Labute approximate surface area is 95.8 Å². The molecule has 0 aromatic heterocycles. The summed E-state index contributed by atoms with van der Waals surface area (Å²) in [5.74, 6) is -0.642. The lowest BCUT2D eigenvalue weighted by Crippen LogP contribution is -2.40. The molecule has 0 saturated heterocycles. The Morgan fingerprint density at radius 2 is 1.50 bits per heavy atom. The van der Waals surface area contributed by atoms with Crippen LogP contribution >= 0.6 is 0 Å². The third-order valence-corrected chi connectivity index (χ3v) is 3.23. The highest BCUT2D eigenvalue weighted by Crippen LogP contribution is 2.39. The molecule has 0 aromatic carbocycles. The summed E-state index contributed by atoms with van der Waals surface area (Å²) < 4.78 is 37.3. The van der Waals surface area contributed by atoms with Crippen LogP contribution in [-0.4, -0.2) is 18.3 Å². The van der Waals surface area contributed by atoms with Gasteiger partial charge in [-0.2, -0.15) is 13.2 Å². The summed E-state index contributed by atoms with van der Waals surface area (Å²) in [7, 11) is 0. The highest BCUT2D eigenvalue weighted by Gasteiger charge is 2.41. The first-order valence-electron chi connectivity index (χ1n) is 6.00. The topological polar surface area (TPSA) is 12.0 Å². The van der Waals surface area contributed by atoms with Crippen LogP contribution in [0.15, 0.2) is 0 Å². The number of hydrogen-bond acceptors (Lipinski definition) is 1. The van der Waals surface area contributed by atoms with Gasteiger partial charge in [-0.3, -0.25) is 0 Å². The van der Waals surface area contributed by atoms with Gasteiger partial charge in [-0.1, -0.05) is 0 Å². The van der Waals surface area contributed by atoms with Crippen LogP contribution in [0.5, 0.6) is 0 Å². The zero-order valence-corrected chi connectivity index (χ0v) is 10.3. The van der Waals surface area contributed by atoms with Crippen molar-refractivity contribution in [1.29, 1.82) is 0 Å². The van der Waals surface area contributed by atoms with Crippen molar-refractivity contribution in [3.63, 3.8) is 0 Å². The van der Waals surface area contributed by atoms with Gasteiger partial charge in [0.1, 0.15) is 0 Å². The van der Waals surface area contributed by atoms with Gasteiger partial charge in [-0.15, -0.1) is 0 Å². The smallest absolute Gasteiger partial charge is 0.312 e. The first kappa shape index (κ1) is 13.8. The zero-order valence-electron chi connectivity index (χ0n) is 10.3. The average Bonchev–Trinajstić information content (AvgIpc) is 2.13. The number of rotatable bonds is 2. The lowest BCUT2D eigenvalue weighted by Gasteiger charge is -2.32. The molecule has 0 bridgehead atoms. The van der Waals surface area contributed by atoms with E-state index in [1.54, 1.807) is 0 Å². The standard InChI is InChI=1S/C12H22F3N/c1-11(2,3)16-8-9-4-6-10(7-5-9)12(13,14)15/h9-10,16H,4-8H2,1-3H3/t9-,10-. The van der Waals surface area contributed by atoms with Crippen LogP contribution in [0.25, 0.3) is 0 Å². The molecule has 0 atom stereocenters. The van der Waals surface area contributed by atoms with Gasteiger partial charge in [-0.25, -0.2) is 0 Å². The van der Waals surface area contributed by atoms with Crippen molar-refractivity contribution >= 4 is 0 Å². The molecule has 1 saturated carbocycles. The molecule has 96 valence electrons. The van der Waals surface area contributed by atoms with Crippen LogP contribution < -0.4 is 5.32 Å². The maximum Gasteiger partial charge on any atom is 0.391 e. The predicted octanol–water partition coefficient (Wildman–Crippen LogP) is 3.74. The van der Waals surface area contributed by atoms with Gasteiger partial charge in [0.2, 0.25) is 0 Å². The van der Waals surface area contributed by atoms with Gasteiger partial charge in [-0.05, 0) is 58.9 Å². The maximum atomic E-state index is 12.4. The fourth-order valence-electron chi connectivity index (χ4n) is 2.14. The van der Waals surface area contributed by atoms with E-state index in [-0.39, 0.29) is 5.54 Å². The van der Waals surface area contributed by atoms with E-state index in [0.29, 0.717) is 31.6 Å². The van der Waals surface area contributed by atoms with Gasteiger partial charge in [0.25, 0.3) is 0 Å². The van der Waals surface area contributed by atoms with Crippen molar-refractivity contribution in [3.05, 3.63) is 0 Å². The van der Waals surface area contributed by atoms with E-state index in [1.807, 2.05) is 0 Å². The SMILES string of the molecule is CC(C)(C)NC[C@H]1CC[C@H](C(F)(F)F)CC1. The third kappa shape index (κ3) is 4.73. The normalized spacial score (nSPS) is 28.1. The third-order valence-electron chi connectivity index (χ3n) is 3.23. The quantitative estimate of drug-likeness (QED) is 0.771. The second kappa shape index (κ2) is 4.94. The van der Waals surface area contributed by atoms with Gasteiger partial charge in [0.15, 0.2) is 0 Å². The zero-order chi connectivity index (χ0) is 12.4. The van der Waals surface area contributed by atoms with E-state index in [9.17, 15) is 13.2 Å². The largest absolute Gasteiger partial charge is 0.391 e. The molecule has 1 aliphatic rings. The van der Waals surface area contributed by atoms with Crippen LogP contribution in [-0.2, 0) is 0 Å². The van der Waals surface area contributed by atoms with Crippen molar-refractivity contribution < 1.29 is 13.2 Å². The highest BCUT2D eigenvalue weighted by atomic mass is 19.4. The Bertz CT molecular complexity index is 209. The molecule has 0 aromatic rings. The fraction of sp³-hybridized carbons (Fsp3) is 1.00. The predicted molar refractivity (Wildman–Crippen MR) is 59.3 cm³/mol. The Kier molecular flexibility index (Phi) is 4.27. The first-order valence-corrected chi connectivity index (χ1v) is 6.00. The molecule has 0 unspecified atom stereocenters. The minimum absolute atomic E-state index is 0.0564. The molecule has 0 aliphatic heterocycles. The summed E-state index contributed by atoms with van der Waals surface area (Å²) in [6.45, 7) is 7.07. The molecule has 4 heteroatoms. The summed E-state index contributed by atoms with van der Waals surface area (Å²) in [5.41, 5.74) is 0.0564. The second-order valence-electron chi connectivity index (χ2n) is 5.89. The molecule has 0 heterocycles. The number of halogens is 3. The Morgan fingerprint density at radius 3 is 1.88 bits per heavy atom. The molecule has 0 spiro atoms. The summed E-state index contributed by atoms with van der Waals surface area (Å²) in [6, 6.07) is 0.